The Bertz CT molecular complexity index is 333. The van der Waals surface area contributed by atoms with E-state index in [9.17, 15) is 4.79 Å². The summed E-state index contributed by atoms with van der Waals surface area (Å²) >= 11 is 0. The van der Waals surface area contributed by atoms with Crippen molar-refractivity contribution < 1.29 is 9.53 Å². The van der Waals surface area contributed by atoms with Gasteiger partial charge in [0.2, 0.25) is 0 Å². The van der Waals surface area contributed by atoms with Crippen LogP contribution in [0.15, 0.2) is 24.3 Å². The molecule has 4 heteroatoms. The molecule has 1 aromatic rings. The number of carbonyl (C=O) groups excluding carboxylic acids is 1. The summed E-state index contributed by atoms with van der Waals surface area (Å²) in [6.45, 7) is 1.09. The fourth-order valence-electron chi connectivity index (χ4n) is 1.54. The summed E-state index contributed by atoms with van der Waals surface area (Å²) < 4.78 is 4.62. The second-order valence-electron chi connectivity index (χ2n) is 3.41. The fourth-order valence-corrected chi connectivity index (χ4v) is 1.54. The van der Waals surface area contributed by atoms with Crippen LogP contribution in [0.4, 0.5) is 0 Å². The van der Waals surface area contributed by atoms with Gasteiger partial charge in [-0.1, -0.05) is 12.1 Å². The van der Waals surface area contributed by atoms with Crippen molar-refractivity contribution in [3.63, 3.8) is 0 Å². The Kier molecular flexibility index (Phi) is 4.12. The van der Waals surface area contributed by atoms with E-state index in [2.05, 4.69) is 10.1 Å². The summed E-state index contributed by atoms with van der Waals surface area (Å²) in [5.74, 6) is -0.280. The molecule has 3 nitrogen and oxygen atoms in total. The average molecular weight is 228 g/mol. The summed E-state index contributed by atoms with van der Waals surface area (Å²) in [7, 11) is 1.39. The molecule has 0 unspecified atom stereocenters. The van der Waals surface area contributed by atoms with Gasteiger partial charge in [0.25, 0.3) is 0 Å². The van der Waals surface area contributed by atoms with E-state index in [0.29, 0.717) is 11.6 Å². The molecule has 1 N–H and O–H groups in total. The first kappa shape index (κ1) is 12.0. The number of halogens is 1. The molecule has 0 aromatic heterocycles. The first-order valence-electron chi connectivity index (χ1n) is 4.73. The Morgan fingerprint density at radius 1 is 1.40 bits per heavy atom. The van der Waals surface area contributed by atoms with E-state index in [1.54, 1.807) is 12.1 Å². The molecule has 0 amide bonds. The number of carbonyl (C=O) groups is 1. The zero-order chi connectivity index (χ0) is 9.97. The van der Waals surface area contributed by atoms with E-state index in [4.69, 9.17) is 0 Å². The van der Waals surface area contributed by atoms with Gasteiger partial charge < -0.3 is 10.1 Å². The molecule has 82 valence electrons. The van der Waals surface area contributed by atoms with Crippen molar-refractivity contribution in [1.29, 1.82) is 0 Å². The third kappa shape index (κ3) is 2.49. The molecular weight excluding hydrogens is 214 g/mol. The first-order valence-corrected chi connectivity index (χ1v) is 4.73. The minimum atomic E-state index is -0.280. The second kappa shape index (κ2) is 5.14. The topological polar surface area (TPSA) is 38.3 Å². The van der Waals surface area contributed by atoms with Crippen molar-refractivity contribution >= 4 is 18.4 Å². The lowest BCUT2D eigenvalue weighted by atomic mass is 9.97. The van der Waals surface area contributed by atoms with Gasteiger partial charge in [0.15, 0.2) is 0 Å². The number of hydrogen-bond donors (Lipinski definition) is 1. The van der Waals surface area contributed by atoms with Crippen molar-refractivity contribution in [3.8, 4) is 0 Å². The standard InChI is InChI=1S/C11H13NO2.ClH/c1-14-11(13)9-4-2-8(3-5-9)10-6-7-12-10;/h2-5,10,12H,6-7H2,1H3;1H/t10-;/m1./s1. The Hall–Kier alpha value is -1.06. The van der Waals surface area contributed by atoms with Crippen LogP contribution in [0.5, 0.6) is 0 Å². The molecule has 0 radical (unpaired) electrons. The zero-order valence-corrected chi connectivity index (χ0v) is 9.34. The molecule has 0 bridgehead atoms. The van der Waals surface area contributed by atoms with Crippen LogP contribution in [-0.2, 0) is 4.74 Å². The van der Waals surface area contributed by atoms with Crippen LogP contribution >= 0.6 is 12.4 Å². The van der Waals surface area contributed by atoms with Crippen LogP contribution < -0.4 is 5.32 Å². The molecule has 0 aliphatic carbocycles. The lowest BCUT2D eigenvalue weighted by molar-refractivity contribution is 0.0600. The number of hydrogen-bond acceptors (Lipinski definition) is 3. The SMILES string of the molecule is COC(=O)c1ccc([C@H]2CCN2)cc1.Cl. The van der Waals surface area contributed by atoms with Crippen molar-refractivity contribution in [2.24, 2.45) is 0 Å². The largest absolute Gasteiger partial charge is 0.465 e. The summed E-state index contributed by atoms with van der Waals surface area (Å²) in [6.07, 6.45) is 1.18. The van der Waals surface area contributed by atoms with Gasteiger partial charge in [-0.3, -0.25) is 0 Å². The molecule has 1 fully saturated rings. The first-order chi connectivity index (χ1) is 6.81. The minimum Gasteiger partial charge on any atom is -0.465 e. The highest BCUT2D eigenvalue weighted by molar-refractivity contribution is 5.89. The van der Waals surface area contributed by atoms with Crippen molar-refractivity contribution in [2.45, 2.75) is 12.5 Å². The van der Waals surface area contributed by atoms with E-state index in [1.807, 2.05) is 12.1 Å². The highest BCUT2D eigenvalue weighted by atomic mass is 35.5. The van der Waals surface area contributed by atoms with Gasteiger partial charge in [-0.05, 0) is 30.7 Å². The molecule has 1 aliphatic heterocycles. The number of benzene rings is 1. The summed E-state index contributed by atoms with van der Waals surface area (Å²) in [6, 6.07) is 8.04. The van der Waals surface area contributed by atoms with Gasteiger partial charge >= 0.3 is 5.97 Å². The molecule has 0 spiro atoms. The quantitative estimate of drug-likeness (QED) is 0.785. The zero-order valence-electron chi connectivity index (χ0n) is 8.53. The molecule has 1 aliphatic rings. The van der Waals surface area contributed by atoms with Gasteiger partial charge in [-0.25, -0.2) is 4.79 Å². The van der Waals surface area contributed by atoms with E-state index < -0.39 is 0 Å². The predicted octanol–water partition coefficient (Wildman–Crippen LogP) is 1.93. The van der Waals surface area contributed by atoms with Crippen molar-refractivity contribution in [3.05, 3.63) is 35.4 Å². The third-order valence-corrected chi connectivity index (χ3v) is 2.56. The van der Waals surface area contributed by atoms with Crippen molar-refractivity contribution in [2.75, 3.05) is 13.7 Å². The van der Waals surface area contributed by atoms with E-state index >= 15 is 0 Å². The third-order valence-electron chi connectivity index (χ3n) is 2.56. The van der Waals surface area contributed by atoms with E-state index in [-0.39, 0.29) is 18.4 Å². The summed E-state index contributed by atoms with van der Waals surface area (Å²) in [4.78, 5) is 11.1. The summed E-state index contributed by atoms with van der Waals surface area (Å²) in [5.41, 5.74) is 1.85. The Balaban J connectivity index is 0.00000112. The average Bonchev–Trinajstić information content (AvgIpc) is 2.15. The van der Waals surface area contributed by atoms with Crippen LogP contribution in [-0.4, -0.2) is 19.6 Å². The van der Waals surface area contributed by atoms with Gasteiger partial charge in [0.05, 0.1) is 12.7 Å². The Morgan fingerprint density at radius 2 is 2.00 bits per heavy atom. The maximum Gasteiger partial charge on any atom is 0.337 e. The molecule has 1 saturated heterocycles. The second-order valence-corrected chi connectivity index (χ2v) is 3.41. The lowest BCUT2D eigenvalue weighted by Crippen LogP contribution is -2.34. The number of esters is 1. The molecule has 0 saturated carbocycles. The minimum absolute atomic E-state index is 0. The van der Waals surface area contributed by atoms with Gasteiger partial charge in [0, 0.05) is 6.04 Å². The van der Waals surface area contributed by atoms with E-state index in [0.717, 1.165) is 6.54 Å². The molecule has 15 heavy (non-hydrogen) atoms. The van der Waals surface area contributed by atoms with Crippen molar-refractivity contribution in [1.82, 2.24) is 5.32 Å². The lowest BCUT2D eigenvalue weighted by Gasteiger charge is -2.27. The van der Waals surface area contributed by atoms with Crippen LogP contribution in [0.1, 0.15) is 28.4 Å². The predicted molar refractivity (Wildman–Crippen MR) is 60.4 cm³/mol. The maximum atomic E-state index is 11.1. The monoisotopic (exact) mass is 227 g/mol. The Morgan fingerprint density at radius 3 is 2.40 bits per heavy atom. The molecule has 1 heterocycles. The van der Waals surface area contributed by atoms with E-state index in [1.165, 1.54) is 19.1 Å². The van der Waals surface area contributed by atoms with Crippen LogP contribution in [0, 0.1) is 0 Å². The number of ether oxygens (including phenoxy) is 1. The number of rotatable bonds is 2. The maximum absolute atomic E-state index is 11.1. The molecule has 1 aromatic carbocycles. The molecular formula is C11H14ClNO2. The molecule has 2 rings (SSSR count). The summed E-state index contributed by atoms with van der Waals surface area (Å²) in [5, 5.41) is 3.31. The fraction of sp³-hybridized carbons (Fsp3) is 0.364. The number of methoxy groups -OCH3 is 1. The van der Waals surface area contributed by atoms with Crippen LogP contribution in [0.25, 0.3) is 0 Å². The Labute approximate surface area is 95.2 Å². The van der Waals surface area contributed by atoms with Gasteiger partial charge in [0.1, 0.15) is 0 Å². The van der Waals surface area contributed by atoms with Crippen LogP contribution in [0.2, 0.25) is 0 Å². The van der Waals surface area contributed by atoms with Crippen LogP contribution in [0.3, 0.4) is 0 Å². The highest BCUT2D eigenvalue weighted by Gasteiger charge is 2.18. The normalized spacial score (nSPS) is 18.6. The molecule has 1 atom stereocenters. The highest BCUT2D eigenvalue weighted by Crippen LogP contribution is 2.22. The van der Waals surface area contributed by atoms with Gasteiger partial charge in [-0.15, -0.1) is 12.4 Å². The van der Waals surface area contributed by atoms with Gasteiger partial charge in [-0.2, -0.15) is 0 Å². The number of nitrogens with one attached hydrogen (secondary N) is 1. The smallest absolute Gasteiger partial charge is 0.337 e.